The maximum absolute atomic E-state index is 12.1. The lowest BCUT2D eigenvalue weighted by Crippen LogP contribution is -2.22. The number of anilines is 1. The van der Waals surface area contributed by atoms with Crippen LogP contribution in [0.2, 0.25) is 0 Å². The van der Waals surface area contributed by atoms with Crippen molar-refractivity contribution >= 4 is 28.5 Å². The number of amides is 1. The third-order valence-electron chi connectivity index (χ3n) is 4.63. The van der Waals surface area contributed by atoms with E-state index < -0.39 is 5.97 Å². The fourth-order valence-corrected chi connectivity index (χ4v) is 2.97. The van der Waals surface area contributed by atoms with E-state index >= 15 is 0 Å². The molecule has 0 aliphatic heterocycles. The normalized spacial score (nSPS) is 10.8. The van der Waals surface area contributed by atoms with Crippen LogP contribution in [0, 0.1) is 27.7 Å². The lowest BCUT2D eigenvalue weighted by molar-refractivity contribution is -0.146. The molecule has 1 N–H and O–H groups in total. The van der Waals surface area contributed by atoms with Crippen LogP contribution in [0.1, 0.15) is 27.8 Å². The van der Waals surface area contributed by atoms with Gasteiger partial charge < -0.3 is 14.5 Å². The van der Waals surface area contributed by atoms with Crippen LogP contribution in [0.3, 0.4) is 0 Å². The highest BCUT2D eigenvalue weighted by Crippen LogP contribution is 2.25. The molecule has 5 nitrogen and oxygen atoms in total. The monoisotopic (exact) mass is 365 g/mol. The Kier molecular flexibility index (Phi) is 5.31. The van der Waals surface area contributed by atoms with E-state index in [4.69, 9.17) is 9.15 Å². The zero-order chi connectivity index (χ0) is 19.6. The molecule has 0 saturated heterocycles. The first-order valence-electron chi connectivity index (χ1n) is 8.83. The van der Waals surface area contributed by atoms with E-state index in [0.717, 1.165) is 38.8 Å². The number of carbonyl (C=O) groups excluding carboxylic acids is 2. The summed E-state index contributed by atoms with van der Waals surface area (Å²) < 4.78 is 10.6. The van der Waals surface area contributed by atoms with Gasteiger partial charge in [0.15, 0.2) is 6.61 Å². The van der Waals surface area contributed by atoms with Crippen LogP contribution in [0.25, 0.3) is 11.0 Å². The van der Waals surface area contributed by atoms with Crippen LogP contribution < -0.4 is 5.32 Å². The minimum Gasteiger partial charge on any atom is -0.464 e. The lowest BCUT2D eigenvalue weighted by Gasteiger charge is -2.09. The summed E-state index contributed by atoms with van der Waals surface area (Å²) in [6.45, 7) is 7.62. The van der Waals surface area contributed by atoms with Gasteiger partial charge >= 0.3 is 5.97 Å². The molecule has 1 amide bonds. The van der Waals surface area contributed by atoms with E-state index in [1.165, 1.54) is 0 Å². The van der Waals surface area contributed by atoms with E-state index in [-0.39, 0.29) is 18.9 Å². The summed E-state index contributed by atoms with van der Waals surface area (Å²) in [6, 6.07) is 9.70. The minimum atomic E-state index is -0.466. The van der Waals surface area contributed by atoms with E-state index in [2.05, 4.69) is 5.32 Å². The number of hydrogen-bond donors (Lipinski definition) is 1. The lowest BCUT2D eigenvalue weighted by atomic mass is 10.0. The fraction of sp³-hybridized carbons (Fsp3) is 0.273. The van der Waals surface area contributed by atoms with E-state index in [9.17, 15) is 9.59 Å². The van der Waals surface area contributed by atoms with Gasteiger partial charge in [0.25, 0.3) is 5.91 Å². The zero-order valence-electron chi connectivity index (χ0n) is 16.0. The molecule has 0 fully saturated rings. The van der Waals surface area contributed by atoms with Crippen LogP contribution in [-0.4, -0.2) is 18.5 Å². The maximum atomic E-state index is 12.1. The molecule has 1 aromatic heterocycles. The number of rotatable bonds is 5. The highest BCUT2D eigenvalue weighted by molar-refractivity contribution is 5.94. The SMILES string of the molecule is Cc1ccc(NC(=O)COC(=O)Cc2coc3cc(C)c(C)cc23)c(C)c1. The summed E-state index contributed by atoms with van der Waals surface area (Å²) in [5, 5.41) is 3.66. The first-order chi connectivity index (χ1) is 12.8. The van der Waals surface area contributed by atoms with Crippen LogP contribution in [-0.2, 0) is 20.7 Å². The van der Waals surface area contributed by atoms with Crippen molar-refractivity contribution in [3.8, 4) is 0 Å². The van der Waals surface area contributed by atoms with Gasteiger partial charge in [-0.2, -0.15) is 0 Å². The molecule has 27 heavy (non-hydrogen) atoms. The molecular weight excluding hydrogens is 342 g/mol. The van der Waals surface area contributed by atoms with E-state index in [1.807, 2.05) is 58.0 Å². The van der Waals surface area contributed by atoms with E-state index in [1.54, 1.807) is 6.26 Å². The number of benzene rings is 2. The Hall–Kier alpha value is -3.08. The molecule has 3 aromatic rings. The summed E-state index contributed by atoms with van der Waals surface area (Å²) in [5.41, 5.74) is 6.56. The van der Waals surface area contributed by atoms with Gasteiger partial charge in [0.2, 0.25) is 0 Å². The van der Waals surface area contributed by atoms with Gasteiger partial charge in [-0.05, 0) is 62.6 Å². The van der Waals surface area contributed by atoms with E-state index in [0.29, 0.717) is 5.69 Å². The standard InChI is InChI=1S/C22H23NO4/c1-13-5-6-19(16(4)7-13)23-21(24)12-27-22(25)10-17-11-26-20-9-15(3)14(2)8-18(17)20/h5-9,11H,10,12H2,1-4H3,(H,23,24). The Labute approximate surface area is 158 Å². The molecule has 0 aliphatic carbocycles. The van der Waals surface area contributed by atoms with Crippen molar-refractivity contribution < 1.29 is 18.7 Å². The van der Waals surface area contributed by atoms with Gasteiger partial charge in [0, 0.05) is 16.6 Å². The molecule has 0 radical (unpaired) electrons. The minimum absolute atomic E-state index is 0.0618. The van der Waals surface area contributed by atoms with Crippen LogP contribution in [0.4, 0.5) is 5.69 Å². The fourth-order valence-electron chi connectivity index (χ4n) is 2.97. The number of hydrogen-bond acceptors (Lipinski definition) is 4. The van der Waals surface area contributed by atoms with Gasteiger partial charge in [-0.25, -0.2) is 0 Å². The molecule has 0 aliphatic rings. The zero-order valence-corrected chi connectivity index (χ0v) is 16.0. The second kappa shape index (κ2) is 7.66. The number of fused-ring (bicyclic) bond motifs is 1. The predicted octanol–water partition coefficient (Wildman–Crippen LogP) is 4.39. The van der Waals surface area contributed by atoms with Crippen molar-refractivity contribution in [2.24, 2.45) is 0 Å². The number of nitrogens with one attached hydrogen (secondary N) is 1. The first kappa shape index (κ1) is 18.7. The maximum Gasteiger partial charge on any atom is 0.310 e. The topological polar surface area (TPSA) is 68.5 Å². The molecule has 5 heteroatoms. The second-order valence-electron chi connectivity index (χ2n) is 6.90. The summed E-state index contributed by atoms with van der Waals surface area (Å²) >= 11 is 0. The highest BCUT2D eigenvalue weighted by Gasteiger charge is 2.14. The molecule has 140 valence electrons. The molecule has 0 unspecified atom stereocenters. The summed E-state index contributed by atoms with van der Waals surface area (Å²) in [7, 11) is 0. The first-order valence-corrected chi connectivity index (χ1v) is 8.83. The van der Waals surface area contributed by atoms with Crippen molar-refractivity contribution in [3.63, 3.8) is 0 Å². The largest absolute Gasteiger partial charge is 0.464 e. The van der Waals surface area contributed by atoms with Gasteiger partial charge in [-0.1, -0.05) is 17.7 Å². The average Bonchev–Trinajstić information content (AvgIpc) is 2.98. The summed E-state index contributed by atoms with van der Waals surface area (Å²) in [5.74, 6) is -0.828. The second-order valence-corrected chi connectivity index (χ2v) is 6.90. The van der Waals surface area contributed by atoms with Crippen molar-refractivity contribution in [2.45, 2.75) is 34.1 Å². The highest BCUT2D eigenvalue weighted by atomic mass is 16.5. The number of ether oxygens (including phenoxy) is 1. The third-order valence-corrected chi connectivity index (χ3v) is 4.63. The smallest absolute Gasteiger partial charge is 0.310 e. The third kappa shape index (κ3) is 4.37. The van der Waals surface area contributed by atoms with Gasteiger partial charge in [-0.15, -0.1) is 0 Å². The molecule has 2 aromatic carbocycles. The van der Waals surface area contributed by atoms with Crippen molar-refractivity contribution in [1.82, 2.24) is 0 Å². The molecule has 0 saturated carbocycles. The number of aryl methyl sites for hydroxylation is 4. The molecule has 0 atom stereocenters. The van der Waals surface area contributed by atoms with Gasteiger partial charge in [0.1, 0.15) is 5.58 Å². The van der Waals surface area contributed by atoms with Crippen LogP contribution >= 0.6 is 0 Å². The Morgan fingerprint density at radius 2 is 1.74 bits per heavy atom. The quantitative estimate of drug-likeness (QED) is 0.681. The van der Waals surface area contributed by atoms with Crippen molar-refractivity contribution in [2.75, 3.05) is 11.9 Å². The molecule has 0 spiro atoms. The van der Waals surface area contributed by atoms with Crippen LogP contribution in [0.15, 0.2) is 41.0 Å². The Morgan fingerprint density at radius 3 is 2.48 bits per heavy atom. The van der Waals surface area contributed by atoms with Crippen molar-refractivity contribution in [1.29, 1.82) is 0 Å². The molecule has 3 rings (SSSR count). The van der Waals surface area contributed by atoms with Crippen LogP contribution in [0.5, 0.6) is 0 Å². The molecular formula is C22H23NO4. The van der Waals surface area contributed by atoms with Gasteiger partial charge in [0.05, 0.1) is 12.7 Å². The Balaban J connectivity index is 1.58. The Bertz CT molecular complexity index is 1020. The number of carbonyl (C=O) groups is 2. The summed E-state index contributed by atoms with van der Waals surface area (Å²) in [6.07, 6.45) is 1.63. The number of furan rings is 1. The molecule has 1 heterocycles. The van der Waals surface area contributed by atoms with Crippen molar-refractivity contribution in [3.05, 3.63) is 64.4 Å². The summed E-state index contributed by atoms with van der Waals surface area (Å²) in [4.78, 5) is 24.2. The predicted molar refractivity (Wildman–Crippen MR) is 105 cm³/mol. The Morgan fingerprint density at radius 1 is 1.00 bits per heavy atom. The molecule has 0 bridgehead atoms. The van der Waals surface area contributed by atoms with Gasteiger partial charge in [-0.3, -0.25) is 9.59 Å². The average molecular weight is 365 g/mol. The number of esters is 1.